The number of pyridine rings is 1. The third kappa shape index (κ3) is 5.47. The molecule has 170 valence electrons. The molecule has 0 aliphatic heterocycles. The molecule has 0 fully saturated rings. The van der Waals surface area contributed by atoms with Gasteiger partial charge in [0.2, 0.25) is 0 Å². The number of para-hydroxylation sites is 2. The Morgan fingerprint density at radius 2 is 2.09 bits per heavy atom. The van der Waals surface area contributed by atoms with E-state index in [9.17, 15) is 14.0 Å². The average molecular weight is 467 g/mol. The highest BCUT2D eigenvalue weighted by molar-refractivity contribution is 7.09. The van der Waals surface area contributed by atoms with Crippen LogP contribution in [0.5, 0.6) is 0 Å². The fraction of sp³-hybridized carbons (Fsp3) is 0.261. The standard InChI is InChI=1S/C23H23FN6O2S/c1-29(14-21-27-17-6-2-3-7-20(17)30(21)11-12-31)10-8-22-28-19(15-33-22)23(32)26-13-18-16(24)5-4-9-25-18/h2-7,9,12,15H,8,10-11,13-14H2,1H3,(H,26,32). The molecule has 0 radical (unpaired) electrons. The molecule has 1 N–H and O–H groups in total. The van der Waals surface area contributed by atoms with Gasteiger partial charge in [-0.3, -0.25) is 14.7 Å². The van der Waals surface area contributed by atoms with Crippen molar-refractivity contribution in [3.63, 3.8) is 0 Å². The summed E-state index contributed by atoms with van der Waals surface area (Å²) in [5, 5.41) is 5.18. The Morgan fingerprint density at radius 3 is 2.91 bits per heavy atom. The molecule has 0 spiro atoms. The topological polar surface area (TPSA) is 93.0 Å². The summed E-state index contributed by atoms with van der Waals surface area (Å²) in [5.74, 6) is 0.00622. The van der Waals surface area contributed by atoms with Crippen molar-refractivity contribution in [1.29, 1.82) is 0 Å². The predicted molar refractivity (Wildman–Crippen MR) is 123 cm³/mol. The van der Waals surface area contributed by atoms with Crippen LogP contribution >= 0.6 is 11.3 Å². The molecule has 1 aromatic carbocycles. The Labute approximate surface area is 194 Å². The van der Waals surface area contributed by atoms with Crippen molar-refractivity contribution in [1.82, 2.24) is 29.7 Å². The number of halogens is 1. The van der Waals surface area contributed by atoms with Gasteiger partial charge in [-0.1, -0.05) is 12.1 Å². The van der Waals surface area contributed by atoms with E-state index >= 15 is 0 Å². The van der Waals surface area contributed by atoms with E-state index in [0.717, 1.165) is 28.2 Å². The van der Waals surface area contributed by atoms with E-state index in [1.165, 1.54) is 29.7 Å². The summed E-state index contributed by atoms with van der Waals surface area (Å²) in [6, 6.07) is 10.6. The van der Waals surface area contributed by atoms with Crippen LogP contribution in [0.4, 0.5) is 4.39 Å². The molecule has 4 rings (SSSR count). The Hall–Kier alpha value is -3.50. The summed E-state index contributed by atoms with van der Waals surface area (Å²) >= 11 is 1.41. The lowest BCUT2D eigenvalue weighted by atomic mass is 10.3. The van der Waals surface area contributed by atoms with Crippen molar-refractivity contribution in [3.8, 4) is 0 Å². The van der Waals surface area contributed by atoms with Crippen LogP contribution in [-0.4, -0.2) is 50.2 Å². The number of rotatable bonds is 10. The minimum atomic E-state index is -0.457. The van der Waals surface area contributed by atoms with E-state index < -0.39 is 5.82 Å². The van der Waals surface area contributed by atoms with E-state index in [4.69, 9.17) is 0 Å². The fourth-order valence-electron chi connectivity index (χ4n) is 3.46. The van der Waals surface area contributed by atoms with Crippen LogP contribution < -0.4 is 5.32 Å². The van der Waals surface area contributed by atoms with Crippen LogP contribution in [0.25, 0.3) is 11.0 Å². The van der Waals surface area contributed by atoms with Gasteiger partial charge < -0.3 is 14.7 Å². The molecule has 3 aromatic heterocycles. The summed E-state index contributed by atoms with van der Waals surface area (Å²) in [7, 11) is 1.98. The van der Waals surface area contributed by atoms with Crippen LogP contribution in [0.2, 0.25) is 0 Å². The maximum atomic E-state index is 13.7. The van der Waals surface area contributed by atoms with E-state index in [0.29, 0.717) is 25.2 Å². The number of aromatic nitrogens is 4. The van der Waals surface area contributed by atoms with Crippen LogP contribution in [-0.2, 0) is 30.8 Å². The summed E-state index contributed by atoms with van der Waals surface area (Å²) in [6.45, 7) is 1.55. The molecule has 0 atom stereocenters. The molecule has 0 aliphatic carbocycles. The van der Waals surface area contributed by atoms with Gasteiger partial charge in [-0.25, -0.2) is 14.4 Å². The normalized spacial score (nSPS) is 11.2. The smallest absolute Gasteiger partial charge is 0.271 e. The van der Waals surface area contributed by atoms with Gasteiger partial charge in [0.15, 0.2) is 0 Å². The second kappa shape index (κ2) is 10.4. The van der Waals surface area contributed by atoms with Crippen molar-refractivity contribution in [2.75, 3.05) is 13.6 Å². The highest BCUT2D eigenvalue weighted by Gasteiger charge is 2.15. The molecule has 1 amide bonds. The van der Waals surface area contributed by atoms with Crippen LogP contribution in [0.1, 0.15) is 27.0 Å². The second-order valence-electron chi connectivity index (χ2n) is 7.52. The van der Waals surface area contributed by atoms with Crippen molar-refractivity contribution in [2.45, 2.75) is 26.1 Å². The average Bonchev–Trinajstić information content (AvgIpc) is 3.42. The molecule has 0 aliphatic rings. The maximum absolute atomic E-state index is 13.7. The van der Waals surface area contributed by atoms with Crippen LogP contribution in [0, 0.1) is 5.82 Å². The van der Waals surface area contributed by atoms with Crippen LogP contribution in [0.15, 0.2) is 48.0 Å². The van der Waals surface area contributed by atoms with Gasteiger partial charge in [0.05, 0.1) is 41.4 Å². The molecule has 0 bridgehead atoms. The Kier molecular flexibility index (Phi) is 7.16. The zero-order valence-electron chi connectivity index (χ0n) is 18.1. The fourth-order valence-corrected chi connectivity index (χ4v) is 4.23. The first-order valence-electron chi connectivity index (χ1n) is 10.4. The molecule has 0 unspecified atom stereocenters. The van der Waals surface area contributed by atoms with Gasteiger partial charge in [-0.2, -0.15) is 0 Å². The number of hydrogen-bond acceptors (Lipinski definition) is 7. The Balaban J connectivity index is 1.32. The molecule has 33 heavy (non-hydrogen) atoms. The molecule has 4 aromatic rings. The van der Waals surface area contributed by atoms with E-state index in [2.05, 4.69) is 25.2 Å². The molecule has 0 saturated heterocycles. The number of nitrogens with zero attached hydrogens (tertiary/aromatic N) is 5. The first-order valence-corrected chi connectivity index (χ1v) is 11.3. The highest BCUT2D eigenvalue weighted by Crippen LogP contribution is 2.17. The van der Waals surface area contributed by atoms with Crippen molar-refractivity contribution in [3.05, 3.63) is 76.0 Å². The number of thiazole rings is 1. The van der Waals surface area contributed by atoms with Gasteiger partial charge in [-0.15, -0.1) is 11.3 Å². The van der Waals surface area contributed by atoms with E-state index in [1.807, 2.05) is 35.9 Å². The number of amides is 1. The van der Waals surface area contributed by atoms with E-state index in [-0.39, 0.29) is 24.7 Å². The number of fused-ring (bicyclic) bond motifs is 1. The van der Waals surface area contributed by atoms with Crippen molar-refractivity contribution in [2.24, 2.45) is 0 Å². The molecular weight excluding hydrogens is 443 g/mol. The number of nitrogens with one attached hydrogen (secondary N) is 1. The van der Waals surface area contributed by atoms with Gasteiger partial charge in [0.1, 0.15) is 23.6 Å². The zero-order chi connectivity index (χ0) is 23.2. The first-order chi connectivity index (χ1) is 16.0. The summed E-state index contributed by atoms with van der Waals surface area (Å²) in [5.41, 5.74) is 2.29. The largest absolute Gasteiger partial charge is 0.345 e. The SMILES string of the molecule is CN(CCc1nc(C(=O)NCc2ncccc2F)cs1)Cc1nc2ccccc2n1CC=O. The zero-order valence-corrected chi connectivity index (χ0v) is 18.9. The molecular formula is C23H23FN6O2S. The van der Waals surface area contributed by atoms with Crippen molar-refractivity contribution >= 4 is 34.6 Å². The summed E-state index contributed by atoms with van der Waals surface area (Å²) in [6.07, 6.45) is 3.02. The lowest BCUT2D eigenvalue weighted by molar-refractivity contribution is -0.108. The lowest BCUT2D eigenvalue weighted by Gasteiger charge is -2.16. The third-order valence-corrected chi connectivity index (χ3v) is 6.05. The van der Waals surface area contributed by atoms with Gasteiger partial charge >= 0.3 is 0 Å². The number of hydrogen-bond donors (Lipinski definition) is 1. The molecule has 3 heterocycles. The Bertz CT molecular complexity index is 1270. The minimum absolute atomic E-state index is 0.00287. The monoisotopic (exact) mass is 466 g/mol. The molecule has 10 heteroatoms. The highest BCUT2D eigenvalue weighted by atomic mass is 32.1. The molecule has 8 nitrogen and oxygen atoms in total. The lowest BCUT2D eigenvalue weighted by Crippen LogP contribution is -2.24. The summed E-state index contributed by atoms with van der Waals surface area (Å²) < 4.78 is 15.6. The van der Waals surface area contributed by atoms with Crippen LogP contribution in [0.3, 0.4) is 0 Å². The minimum Gasteiger partial charge on any atom is -0.345 e. The quantitative estimate of drug-likeness (QED) is 0.361. The maximum Gasteiger partial charge on any atom is 0.271 e. The number of likely N-dealkylation sites (N-methyl/N-ethyl adjacent to an activating group) is 1. The third-order valence-electron chi connectivity index (χ3n) is 5.14. The van der Waals surface area contributed by atoms with Gasteiger partial charge in [0.25, 0.3) is 5.91 Å². The second-order valence-corrected chi connectivity index (χ2v) is 8.47. The number of benzene rings is 1. The van der Waals surface area contributed by atoms with Gasteiger partial charge in [0, 0.05) is 24.5 Å². The molecule has 0 saturated carbocycles. The Morgan fingerprint density at radius 1 is 1.24 bits per heavy atom. The van der Waals surface area contributed by atoms with E-state index in [1.54, 1.807) is 5.38 Å². The van der Waals surface area contributed by atoms with Gasteiger partial charge in [-0.05, 0) is 31.3 Å². The number of aldehydes is 1. The first kappa shape index (κ1) is 22.7. The number of imidazole rings is 1. The number of carbonyl (C=O) groups is 2. The van der Waals surface area contributed by atoms with Crippen molar-refractivity contribution < 1.29 is 14.0 Å². The summed E-state index contributed by atoms with van der Waals surface area (Å²) in [4.78, 5) is 38.6. The number of carbonyl (C=O) groups excluding carboxylic acids is 2. The predicted octanol–water partition coefficient (Wildman–Crippen LogP) is 2.83.